The van der Waals surface area contributed by atoms with Crippen LogP contribution in [0.2, 0.25) is 0 Å². The Morgan fingerprint density at radius 2 is 1.94 bits per heavy atom. The molecule has 10 nitrogen and oxygen atoms in total. The second-order valence-electron chi connectivity index (χ2n) is 8.86. The number of rotatable bonds is 9. The highest BCUT2D eigenvalue weighted by atomic mass is 32.1. The van der Waals surface area contributed by atoms with Gasteiger partial charge in [0.05, 0.1) is 12.6 Å². The first kappa shape index (κ1) is 24.5. The van der Waals surface area contributed by atoms with Crippen LogP contribution < -0.4 is 11.1 Å². The van der Waals surface area contributed by atoms with Gasteiger partial charge in [-0.1, -0.05) is 64.4 Å². The predicted octanol–water partition coefficient (Wildman–Crippen LogP) is 2.30. The molecule has 33 heavy (non-hydrogen) atoms. The van der Waals surface area contributed by atoms with Crippen molar-refractivity contribution >= 4 is 28.8 Å². The number of anilines is 1. The fourth-order valence-electron chi connectivity index (χ4n) is 3.18. The lowest BCUT2D eigenvalue weighted by Crippen LogP contribution is -2.49. The largest absolute Gasteiger partial charge is 0.383 e. The Morgan fingerprint density at radius 1 is 1.24 bits per heavy atom. The van der Waals surface area contributed by atoms with Crippen molar-refractivity contribution in [1.82, 2.24) is 30.5 Å². The lowest BCUT2D eigenvalue weighted by Gasteiger charge is -2.26. The summed E-state index contributed by atoms with van der Waals surface area (Å²) >= 11 is 1.08. The van der Waals surface area contributed by atoms with Crippen LogP contribution in [-0.4, -0.2) is 54.1 Å². The van der Waals surface area contributed by atoms with Crippen LogP contribution in [-0.2, 0) is 11.3 Å². The summed E-state index contributed by atoms with van der Waals surface area (Å²) in [6, 6.07) is 8.88. The van der Waals surface area contributed by atoms with Crippen molar-refractivity contribution < 1.29 is 14.7 Å². The number of hydrogen-bond acceptors (Lipinski definition) is 9. The van der Waals surface area contributed by atoms with Crippen molar-refractivity contribution in [1.29, 1.82) is 0 Å². The topological polar surface area (TPSA) is 149 Å². The van der Waals surface area contributed by atoms with Gasteiger partial charge in [-0.3, -0.25) is 9.59 Å². The molecule has 0 spiro atoms. The summed E-state index contributed by atoms with van der Waals surface area (Å²) in [5, 5.41) is 25.0. The van der Waals surface area contributed by atoms with Gasteiger partial charge < -0.3 is 16.2 Å². The molecule has 1 aromatic carbocycles. The van der Waals surface area contributed by atoms with Gasteiger partial charge in [-0.15, -0.1) is 16.4 Å². The smallest absolute Gasteiger partial charge is 0.249 e. The maximum absolute atomic E-state index is 13.2. The van der Waals surface area contributed by atoms with E-state index in [1.54, 1.807) is 25.5 Å². The molecule has 0 saturated carbocycles. The average molecular weight is 472 g/mol. The van der Waals surface area contributed by atoms with Crippen LogP contribution in [0.25, 0.3) is 10.7 Å². The summed E-state index contributed by atoms with van der Waals surface area (Å²) in [7, 11) is 0. The zero-order chi connectivity index (χ0) is 24.2. The Balaban J connectivity index is 1.83. The standard InChI is InChI=1S/C22H29N7O3S/c1-5-9-14(24-20(32)17(31)22(2,3)4)15(30)21-25-18(23)16(33-21)19-26-27-28-29(19)12-13-10-7-6-8-11-13/h6-8,10-11,14,17,31H,5,9,12,23H2,1-4H3,(H,24,32)/t14-,17+/m0/s1. The third-order valence-electron chi connectivity index (χ3n) is 5.05. The van der Waals surface area contributed by atoms with E-state index in [0.29, 0.717) is 30.1 Å². The third kappa shape index (κ3) is 5.79. The number of aliphatic hydroxyl groups is 1. The number of nitrogens with one attached hydrogen (secondary N) is 1. The first-order valence-electron chi connectivity index (χ1n) is 10.7. The van der Waals surface area contributed by atoms with Gasteiger partial charge >= 0.3 is 0 Å². The SMILES string of the molecule is CCC[C@H](NC(=O)[C@@H](O)C(C)(C)C)C(=O)c1nc(N)c(-c2nnnn2Cc2ccccc2)s1. The molecule has 0 bridgehead atoms. The Hall–Kier alpha value is -3.18. The first-order valence-corrected chi connectivity index (χ1v) is 11.5. The number of hydrogen-bond donors (Lipinski definition) is 3. The van der Waals surface area contributed by atoms with Gasteiger partial charge in [0.1, 0.15) is 16.8 Å². The van der Waals surface area contributed by atoms with Crippen molar-refractivity contribution in [2.75, 3.05) is 5.73 Å². The van der Waals surface area contributed by atoms with Crippen LogP contribution in [0.15, 0.2) is 30.3 Å². The minimum atomic E-state index is -1.25. The highest BCUT2D eigenvalue weighted by Crippen LogP contribution is 2.31. The van der Waals surface area contributed by atoms with E-state index in [4.69, 9.17) is 5.73 Å². The van der Waals surface area contributed by atoms with Crippen LogP contribution in [0, 0.1) is 5.41 Å². The van der Waals surface area contributed by atoms with Crippen LogP contribution in [0.5, 0.6) is 0 Å². The number of ketones is 1. The quantitative estimate of drug-likeness (QED) is 0.403. The number of aliphatic hydroxyl groups excluding tert-OH is 1. The van der Waals surface area contributed by atoms with E-state index in [1.165, 1.54) is 0 Å². The molecule has 2 heterocycles. The molecule has 3 rings (SSSR count). The van der Waals surface area contributed by atoms with Crippen LogP contribution in [0.4, 0.5) is 5.82 Å². The number of amides is 1. The molecule has 2 atom stereocenters. The van der Waals surface area contributed by atoms with Crippen molar-refractivity contribution in [3.63, 3.8) is 0 Å². The molecule has 176 valence electrons. The third-order valence-corrected chi connectivity index (χ3v) is 6.13. The molecule has 0 saturated heterocycles. The van der Waals surface area contributed by atoms with Crippen LogP contribution >= 0.6 is 11.3 Å². The summed E-state index contributed by atoms with van der Waals surface area (Å²) < 4.78 is 1.60. The molecule has 0 aliphatic carbocycles. The average Bonchev–Trinajstić information content (AvgIpc) is 3.38. The van der Waals surface area contributed by atoms with Gasteiger partial charge in [0.2, 0.25) is 11.7 Å². The van der Waals surface area contributed by atoms with Crippen molar-refractivity contribution in [2.45, 2.75) is 59.2 Å². The fourth-order valence-corrected chi connectivity index (χ4v) is 4.15. The van der Waals surface area contributed by atoms with Gasteiger partial charge in [-0.25, -0.2) is 9.67 Å². The van der Waals surface area contributed by atoms with E-state index < -0.39 is 23.5 Å². The summed E-state index contributed by atoms with van der Waals surface area (Å²) in [6.45, 7) is 7.60. The number of carbonyl (C=O) groups excluding carboxylic acids is 2. The number of aromatic nitrogens is 5. The lowest BCUT2D eigenvalue weighted by atomic mass is 9.88. The molecular formula is C22H29N7O3S. The number of tetrazole rings is 1. The number of carbonyl (C=O) groups is 2. The highest BCUT2D eigenvalue weighted by Gasteiger charge is 2.33. The molecular weight excluding hydrogens is 442 g/mol. The molecule has 11 heteroatoms. The van der Waals surface area contributed by atoms with Gasteiger partial charge in [0.25, 0.3) is 0 Å². The number of nitrogens with zero attached hydrogens (tertiary/aromatic N) is 5. The molecule has 0 radical (unpaired) electrons. The Morgan fingerprint density at radius 3 is 2.58 bits per heavy atom. The van der Waals surface area contributed by atoms with Crippen molar-refractivity contribution in [3.05, 3.63) is 40.9 Å². The zero-order valence-electron chi connectivity index (χ0n) is 19.1. The van der Waals surface area contributed by atoms with E-state index in [9.17, 15) is 14.7 Å². The number of nitrogens with two attached hydrogens (primary N) is 1. The molecule has 2 aromatic heterocycles. The fraction of sp³-hybridized carbons (Fsp3) is 0.455. The minimum absolute atomic E-state index is 0.142. The highest BCUT2D eigenvalue weighted by molar-refractivity contribution is 7.17. The molecule has 1 amide bonds. The first-order chi connectivity index (χ1) is 15.6. The molecule has 0 fully saturated rings. The lowest BCUT2D eigenvalue weighted by molar-refractivity contribution is -0.135. The molecule has 3 aromatic rings. The predicted molar refractivity (Wildman–Crippen MR) is 126 cm³/mol. The monoisotopic (exact) mass is 471 g/mol. The Bertz CT molecular complexity index is 1100. The summed E-state index contributed by atoms with van der Waals surface area (Å²) in [5.41, 5.74) is 6.48. The molecule has 0 unspecified atom stereocenters. The number of Topliss-reactive ketones (excluding diaryl/α,β-unsaturated/α-hetero) is 1. The minimum Gasteiger partial charge on any atom is -0.383 e. The van der Waals surface area contributed by atoms with Crippen LogP contribution in [0.3, 0.4) is 0 Å². The summed E-state index contributed by atoms with van der Waals surface area (Å²) in [5.74, 6) is -0.405. The maximum Gasteiger partial charge on any atom is 0.249 e. The van der Waals surface area contributed by atoms with Gasteiger partial charge in [-0.2, -0.15) is 0 Å². The van der Waals surface area contributed by atoms with E-state index >= 15 is 0 Å². The second-order valence-corrected chi connectivity index (χ2v) is 9.86. The van der Waals surface area contributed by atoms with E-state index in [0.717, 1.165) is 16.9 Å². The van der Waals surface area contributed by atoms with Gasteiger partial charge in [0, 0.05) is 0 Å². The maximum atomic E-state index is 13.2. The Kier molecular flexibility index (Phi) is 7.54. The number of thiazole rings is 1. The van der Waals surface area contributed by atoms with Gasteiger partial charge in [-0.05, 0) is 27.8 Å². The number of benzene rings is 1. The second kappa shape index (κ2) is 10.2. The molecule has 4 N–H and O–H groups in total. The Labute approximate surface area is 196 Å². The molecule has 0 aliphatic rings. The van der Waals surface area contributed by atoms with Gasteiger partial charge in [0.15, 0.2) is 10.8 Å². The van der Waals surface area contributed by atoms with Crippen molar-refractivity contribution in [2.24, 2.45) is 5.41 Å². The number of nitrogen functional groups attached to an aromatic ring is 1. The molecule has 0 aliphatic heterocycles. The normalized spacial score (nSPS) is 13.5. The van der Waals surface area contributed by atoms with E-state index in [2.05, 4.69) is 25.8 Å². The summed E-state index contributed by atoms with van der Waals surface area (Å²) in [6.07, 6.45) is -0.183. The van der Waals surface area contributed by atoms with Crippen LogP contribution in [0.1, 0.15) is 55.9 Å². The zero-order valence-corrected chi connectivity index (χ0v) is 20.0. The van der Waals surface area contributed by atoms with Crippen molar-refractivity contribution in [3.8, 4) is 10.7 Å². The summed E-state index contributed by atoms with van der Waals surface area (Å²) in [4.78, 5) is 30.4. The van der Waals surface area contributed by atoms with E-state index in [1.807, 2.05) is 37.3 Å². The van der Waals surface area contributed by atoms with E-state index in [-0.39, 0.29) is 16.6 Å².